The summed E-state index contributed by atoms with van der Waals surface area (Å²) in [5.41, 5.74) is 0. The third-order valence-corrected chi connectivity index (χ3v) is 4.87. The minimum atomic E-state index is -1.49. The van der Waals surface area contributed by atoms with E-state index < -0.39 is 18.4 Å². The highest BCUT2D eigenvalue weighted by molar-refractivity contribution is 4.94. The number of alkyl halides is 2. The molecule has 1 nitrogen and oxygen atoms in total. The molecule has 0 aromatic rings. The van der Waals surface area contributed by atoms with Crippen molar-refractivity contribution in [2.45, 2.75) is 70.8 Å². The van der Waals surface area contributed by atoms with Crippen LogP contribution >= 0.6 is 0 Å². The Labute approximate surface area is 115 Å². The van der Waals surface area contributed by atoms with Crippen LogP contribution in [0.4, 0.5) is 8.78 Å². The van der Waals surface area contributed by atoms with Crippen LogP contribution in [0.3, 0.4) is 0 Å². The Morgan fingerprint density at radius 3 is 2.21 bits per heavy atom. The van der Waals surface area contributed by atoms with Crippen molar-refractivity contribution in [1.29, 1.82) is 0 Å². The topological polar surface area (TPSA) is 9.23 Å². The molecule has 0 bridgehead atoms. The summed E-state index contributed by atoms with van der Waals surface area (Å²) >= 11 is 0. The Bertz CT molecular complexity index is 310. The van der Waals surface area contributed by atoms with Gasteiger partial charge in [-0.15, -0.1) is 0 Å². The zero-order valence-corrected chi connectivity index (χ0v) is 12.1. The SMILES string of the molecule is C=C(C)OC1CC[C@@H](C2CCC(C)CC2)C(F)C1F. The van der Waals surface area contributed by atoms with Gasteiger partial charge in [-0.05, 0) is 50.4 Å². The van der Waals surface area contributed by atoms with Crippen molar-refractivity contribution in [3.8, 4) is 0 Å². The summed E-state index contributed by atoms with van der Waals surface area (Å²) in [5, 5.41) is 0. The highest BCUT2D eigenvalue weighted by Gasteiger charge is 2.44. The molecule has 0 aromatic carbocycles. The smallest absolute Gasteiger partial charge is 0.168 e. The van der Waals surface area contributed by atoms with Crippen LogP contribution in [0.1, 0.15) is 52.4 Å². The molecule has 0 heterocycles. The van der Waals surface area contributed by atoms with Crippen molar-refractivity contribution < 1.29 is 13.5 Å². The van der Waals surface area contributed by atoms with Crippen LogP contribution < -0.4 is 0 Å². The summed E-state index contributed by atoms with van der Waals surface area (Å²) in [6.45, 7) is 7.55. The molecule has 2 aliphatic rings. The molecule has 2 fully saturated rings. The lowest BCUT2D eigenvalue weighted by molar-refractivity contribution is -0.0663. The molecule has 19 heavy (non-hydrogen) atoms. The van der Waals surface area contributed by atoms with Crippen LogP contribution in [0.2, 0.25) is 0 Å². The molecule has 2 saturated carbocycles. The molecule has 2 rings (SSSR count). The summed E-state index contributed by atoms with van der Waals surface area (Å²) in [5.74, 6) is 1.49. The fourth-order valence-corrected chi connectivity index (χ4v) is 3.71. The molecule has 2 aliphatic carbocycles. The molecular weight excluding hydrogens is 246 g/mol. The van der Waals surface area contributed by atoms with Gasteiger partial charge in [0.25, 0.3) is 0 Å². The van der Waals surface area contributed by atoms with E-state index in [1.807, 2.05) is 0 Å². The second-order valence-corrected chi connectivity index (χ2v) is 6.51. The van der Waals surface area contributed by atoms with E-state index in [4.69, 9.17) is 4.74 Å². The van der Waals surface area contributed by atoms with E-state index in [1.165, 1.54) is 0 Å². The molecule has 0 spiro atoms. The summed E-state index contributed by atoms with van der Waals surface area (Å²) in [4.78, 5) is 0. The second-order valence-electron chi connectivity index (χ2n) is 6.51. The first-order valence-corrected chi connectivity index (χ1v) is 7.59. The third-order valence-electron chi connectivity index (χ3n) is 4.87. The van der Waals surface area contributed by atoms with Crippen molar-refractivity contribution in [2.24, 2.45) is 17.8 Å². The molecule has 0 aliphatic heterocycles. The second kappa shape index (κ2) is 6.23. The van der Waals surface area contributed by atoms with E-state index in [1.54, 1.807) is 6.92 Å². The average molecular weight is 272 g/mol. The standard InChI is InChI=1S/C16H26F2O/c1-10(2)19-14-9-8-13(15(17)16(14)18)12-6-4-11(3)5-7-12/h11-16H,1,4-9H2,2-3H3/t11?,12?,13-,14?,15?,16?/m0/s1. The normalized spacial score (nSPS) is 43.8. The molecule has 3 unspecified atom stereocenters. The van der Waals surface area contributed by atoms with Gasteiger partial charge in [-0.2, -0.15) is 0 Å². The molecule has 110 valence electrons. The number of ether oxygens (including phenoxy) is 1. The first-order chi connectivity index (χ1) is 8.99. The Hall–Kier alpha value is -0.600. The maximum absolute atomic E-state index is 14.3. The van der Waals surface area contributed by atoms with Crippen molar-refractivity contribution in [2.75, 3.05) is 0 Å². The van der Waals surface area contributed by atoms with Crippen molar-refractivity contribution >= 4 is 0 Å². The Morgan fingerprint density at radius 2 is 1.63 bits per heavy atom. The molecule has 3 heteroatoms. The van der Waals surface area contributed by atoms with Gasteiger partial charge < -0.3 is 4.74 Å². The van der Waals surface area contributed by atoms with Crippen LogP contribution in [0.25, 0.3) is 0 Å². The van der Waals surface area contributed by atoms with Gasteiger partial charge in [-0.1, -0.05) is 26.3 Å². The largest absolute Gasteiger partial charge is 0.493 e. The molecule has 0 N–H and O–H groups in total. The zero-order valence-electron chi connectivity index (χ0n) is 12.1. The van der Waals surface area contributed by atoms with Crippen LogP contribution in [0.5, 0.6) is 0 Å². The first kappa shape index (κ1) is 14.8. The third kappa shape index (κ3) is 3.49. The lowest BCUT2D eigenvalue weighted by Crippen LogP contribution is -2.45. The predicted molar refractivity (Wildman–Crippen MR) is 73.3 cm³/mol. The Morgan fingerprint density at radius 1 is 1.00 bits per heavy atom. The maximum atomic E-state index is 14.3. The van der Waals surface area contributed by atoms with E-state index in [0.29, 0.717) is 18.1 Å². The summed E-state index contributed by atoms with van der Waals surface area (Å²) in [6, 6.07) is 0. The van der Waals surface area contributed by atoms with Gasteiger partial charge in [0, 0.05) is 0 Å². The van der Waals surface area contributed by atoms with Crippen LogP contribution in [-0.2, 0) is 4.74 Å². The summed E-state index contributed by atoms with van der Waals surface area (Å²) < 4.78 is 33.8. The van der Waals surface area contributed by atoms with Gasteiger partial charge in [0.1, 0.15) is 12.3 Å². The number of allylic oxidation sites excluding steroid dienone is 1. The van der Waals surface area contributed by atoms with Gasteiger partial charge in [-0.3, -0.25) is 0 Å². The minimum Gasteiger partial charge on any atom is -0.493 e. The highest BCUT2D eigenvalue weighted by Crippen LogP contribution is 2.42. The molecule has 0 aromatic heterocycles. The van der Waals surface area contributed by atoms with Crippen LogP contribution in [0.15, 0.2) is 12.3 Å². The molecule has 0 saturated heterocycles. The fourth-order valence-electron chi connectivity index (χ4n) is 3.71. The minimum absolute atomic E-state index is 0.104. The molecule has 0 amide bonds. The molecular formula is C16H26F2O. The summed E-state index contributed by atoms with van der Waals surface area (Å²) in [7, 11) is 0. The fraction of sp³-hybridized carbons (Fsp3) is 0.875. The van der Waals surface area contributed by atoms with Gasteiger partial charge in [0.15, 0.2) is 6.17 Å². The number of hydrogen-bond donors (Lipinski definition) is 0. The molecule has 0 radical (unpaired) electrons. The van der Waals surface area contributed by atoms with Crippen molar-refractivity contribution in [3.05, 3.63) is 12.3 Å². The number of halogens is 2. The summed E-state index contributed by atoms with van der Waals surface area (Å²) in [6.07, 6.45) is 2.32. The lowest BCUT2D eigenvalue weighted by atomic mass is 9.69. The van der Waals surface area contributed by atoms with Gasteiger partial charge in [0.05, 0.1) is 5.76 Å². The van der Waals surface area contributed by atoms with E-state index in [2.05, 4.69) is 13.5 Å². The number of hydrogen-bond acceptors (Lipinski definition) is 1. The van der Waals surface area contributed by atoms with Crippen molar-refractivity contribution in [1.82, 2.24) is 0 Å². The van der Waals surface area contributed by atoms with Crippen LogP contribution in [-0.4, -0.2) is 18.4 Å². The quantitative estimate of drug-likeness (QED) is 0.669. The van der Waals surface area contributed by atoms with E-state index in [-0.39, 0.29) is 5.92 Å². The Kier molecular flexibility index (Phi) is 4.86. The maximum Gasteiger partial charge on any atom is 0.168 e. The first-order valence-electron chi connectivity index (χ1n) is 7.59. The monoisotopic (exact) mass is 272 g/mol. The van der Waals surface area contributed by atoms with Gasteiger partial charge in [0.2, 0.25) is 0 Å². The van der Waals surface area contributed by atoms with Gasteiger partial charge in [-0.25, -0.2) is 8.78 Å². The van der Waals surface area contributed by atoms with E-state index >= 15 is 0 Å². The van der Waals surface area contributed by atoms with Crippen molar-refractivity contribution in [3.63, 3.8) is 0 Å². The highest BCUT2D eigenvalue weighted by atomic mass is 19.2. The zero-order chi connectivity index (χ0) is 14.0. The predicted octanol–water partition coefficient (Wildman–Crippen LogP) is 4.82. The average Bonchev–Trinajstić information content (AvgIpc) is 2.36. The Balaban J connectivity index is 1.93. The number of rotatable bonds is 3. The van der Waals surface area contributed by atoms with E-state index in [0.717, 1.165) is 38.0 Å². The lowest BCUT2D eigenvalue weighted by Gasteiger charge is -2.40. The molecule has 4 atom stereocenters. The van der Waals surface area contributed by atoms with Crippen LogP contribution in [0, 0.1) is 17.8 Å². The van der Waals surface area contributed by atoms with E-state index in [9.17, 15) is 8.78 Å². The van der Waals surface area contributed by atoms with Gasteiger partial charge >= 0.3 is 0 Å².